The topological polar surface area (TPSA) is 92.5 Å². The normalized spacial score (nSPS) is 18.2. The van der Waals surface area contributed by atoms with Gasteiger partial charge in [-0.2, -0.15) is 0 Å². The van der Waals surface area contributed by atoms with Crippen LogP contribution in [0.3, 0.4) is 0 Å². The molecule has 1 unspecified atom stereocenters. The van der Waals surface area contributed by atoms with E-state index in [0.29, 0.717) is 18.0 Å². The van der Waals surface area contributed by atoms with E-state index in [-0.39, 0.29) is 24.9 Å². The maximum Gasteiger partial charge on any atom is 0.241 e. The first-order valence-corrected chi connectivity index (χ1v) is 10.6. The highest BCUT2D eigenvalue weighted by Crippen LogP contribution is 2.29. The monoisotopic (exact) mass is 381 g/mol. The maximum atomic E-state index is 12.8. The summed E-state index contributed by atoms with van der Waals surface area (Å²) in [6.07, 6.45) is 1.98. The fraction of sp³-hybridized carbons (Fsp3) is 0.632. The number of carbonyl (C=O) groups excluding carboxylic acids is 1. The molecule has 6 nitrogen and oxygen atoms in total. The van der Waals surface area contributed by atoms with Crippen LogP contribution in [0.2, 0.25) is 0 Å². The van der Waals surface area contributed by atoms with E-state index >= 15 is 0 Å². The van der Waals surface area contributed by atoms with Gasteiger partial charge in [0.05, 0.1) is 4.90 Å². The Morgan fingerprint density at radius 2 is 1.62 bits per heavy atom. The smallest absolute Gasteiger partial charge is 0.241 e. The number of nitrogens with one attached hydrogen (secondary N) is 1. The van der Waals surface area contributed by atoms with Gasteiger partial charge in [-0.1, -0.05) is 0 Å². The third kappa shape index (κ3) is 4.27. The number of carbonyl (C=O) groups is 1. The minimum Gasteiger partial charge on any atom is -0.341 e. The van der Waals surface area contributed by atoms with Gasteiger partial charge < -0.3 is 10.6 Å². The number of amides is 1. The molecule has 0 aromatic heterocycles. The van der Waals surface area contributed by atoms with Crippen molar-refractivity contribution in [2.24, 2.45) is 5.73 Å². The minimum atomic E-state index is -3.67. The van der Waals surface area contributed by atoms with E-state index in [1.807, 2.05) is 34.6 Å². The second kappa shape index (κ2) is 8.06. The van der Waals surface area contributed by atoms with Gasteiger partial charge in [0.25, 0.3) is 0 Å². The second-order valence-electron chi connectivity index (χ2n) is 7.34. The van der Waals surface area contributed by atoms with Gasteiger partial charge >= 0.3 is 0 Å². The molecule has 1 aliphatic rings. The molecule has 0 radical (unpaired) electrons. The molecule has 0 saturated carbocycles. The zero-order valence-electron chi connectivity index (χ0n) is 16.5. The summed E-state index contributed by atoms with van der Waals surface area (Å²) in [7, 11) is -3.67. The lowest BCUT2D eigenvalue weighted by Gasteiger charge is -2.30. The van der Waals surface area contributed by atoms with Crippen molar-refractivity contribution in [1.82, 2.24) is 9.62 Å². The summed E-state index contributed by atoms with van der Waals surface area (Å²) in [5, 5.41) is 0. The molecule has 2 rings (SSSR count). The lowest BCUT2D eigenvalue weighted by molar-refractivity contribution is -0.132. The number of likely N-dealkylation sites (tertiary alicyclic amines) is 1. The molecule has 1 saturated heterocycles. The third-order valence-electron chi connectivity index (χ3n) is 5.64. The predicted octanol–water partition coefficient (Wildman–Crippen LogP) is 1.85. The van der Waals surface area contributed by atoms with E-state index in [0.717, 1.165) is 40.7 Å². The fourth-order valence-electron chi connectivity index (χ4n) is 3.63. The summed E-state index contributed by atoms with van der Waals surface area (Å²) >= 11 is 0. The van der Waals surface area contributed by atoms with Gasteiger partial charge in [0.1, 0.15) is 0 Å². The Kier molecular flexibility index (Phi) is 6.47. The number of hydrogen-bond donors (Lipinski definition) is 2. The average Bonchev–Trinajstić information content (AvgIpc) is 2.58. The van der Waals surface area contributed by atoms with Crippen molar-refractivity contribution in [3.05, 3.63) is 27.8 Å². The zero-order valence-corrected chi connectivity index (χ0v) is 17.3. The number of sulfonamides is 1. The Hall–Kier alpha value is -1.44. The molecule has 1 fully saturated rings. The number of nitrogens with two attached hydrogens (primary N) is 1. The quantitative estimate of drug-likeness (QED) is 0.814. The molecule has 146 valence electrons. The molecule has 7 heteroatoms. The van der Waals surface area contributed by atoms with Gasteiger partial charge in [0, 0.05) is 32.1 Å². The van der Waals surface area contributed by atoms with E-state index in [9.17, 15) is 13.2 Å². The van der Waals surface area contributed by atoms with Gasteiger partial charge in [-0.05, 0) is 75.3 Å². The SMILES string of the molecule is Cc1c(C)c(C)c(S(=O)(=O)NCCC(=O)N2CCCC(N)C2)c(C)c1C. The number of hydrogen-bond acceptors (Lipinski definition) is 4. The fourth-order valence-corrected chi connectivity index (χ4v) is 5.26. The van der Waals surface area contributed by atoms with Crippen molar-refractivity contribution < 1.29 is 13.2 Å². The highest BCUT2D eigenvalue weighted by atomic mass is 32.2. The predicted molar refractivity (Wildman–Crippen MR) is 104 cm³/mol. The first-order chi connectivity index (χ1) is 12.1. The summed E-state index contributed by atoms with van der Waals surface area (Å²) in [5.74, 6) is -0.0486. The number of rotatable bonds is 5. The van der Waals surface area contributed by atoms with E-state index in [4.69, 9.17) is 5.73 Å². The van der Waals surface area contributed by atoms with Crippen LogP contribution >= 0.6 is 0 Å². The van der Waals surface area contributed by atoms with Crippen molar-refractivity contribution >= 4 is 15.9 Å². The van der Waals surface area contributed by atoms with Crippen LogP contribution in [-0.2, 0) is 14.8 Å². The van der Waals surface area contributed by atoms with Crippen LogP contribution in [0.1, 0.15) is 47.1 Å². The summed E-state index contributed by atoms with van der Waals surface area (Å²) in [6, 6.07) is 0.0215. The first-order valence-electron chi connectivity index (χ1n) is 9.16. The Balaban J connectivity index is 2.09. The lowest BCUT2D eigenvalue weighted by Crippen LogP contribution is -2.46. The van der Waals surface area contributed by atoms with E-state index < -0.39 is 10.0 Å². The molecule has 26 heavy (non-hydrogen) atoms. The van der Waals surface area contributed by atoms with Crippen molar-refractivity contribution in [1.29, 1.82) is 0 Å². The van der Waals surface area contributed by atoms with Gasteiger partial charge in [-0.15, -0.1) is 0 Å². The van der Waals surface area contributed by atoms with E-state index in [1.165, 1.54) is 0 Å². The minimum absolute atomic E-state index is 0.0215. The van der Waals surface area contributed by atoms with Crippen molar-refractivity contribution in [2.75, 3.05) is 19.6 Å². The number of nitrogens with zero attached hydrogens (tertiary/aromatic N) is 1. The highest BCUT2D eigenvalue weighted by molar-refractivity contribution is 7.89. The lowest BCUT2D eigenvalue weighted by atomic mass is 9.95. The molecule has 1 aliphatic heterocycles. The third-order valence-corrected chi connectivity index (χ3v) is 7.38. The van der Waals surface area contributed by atoms with Gasteiger partial charge in [-0.3, -0.25) is 4.79 Å². The molecule has 3 N–H and O–H groups in total. The van der Waals surface area contributed by atoms with Crippen LogP contribution in [0.25, 0.3) is 0 Å². The van der Waals surface area contributed by atoms with Crippen LogP contribution in [0, 0.1) is 34.6 Å². The van der Waals surface area contributed by atoms with Crippen molar-refractivity contribution in [3.63, 3.8) is 0 Å². The molecular formula is C19H31N3O3S. The Labute approximate surface area is 157 Å². The molecule has 0 spiro atoms. The largest absolute Gasteiger partial charge is 0.341 e. The van der Waals surface area contributed by atoms with Crippen LogP contribution < -0.4 is 10.5 Å². The molecule has 1 amide bonds. The Morgan fingerprint density at radius 1 is 1.08 bits per heavy atom. The van der Waals surface area contributed by atoms with Crippen LogP contribution in [-0.4, -0.2) is 44.9 Å². The van der Waals surface area contributed by atoms with Gasteiger partial charge in [-0.25, -0.2) is 13.1 Å². The van der Waals surface area contributed by atoms with Crippen LogP contribution in [0.15, 0.2) is 4.90 Å². The van der Waals surface area contributed by atoms with Crippen LogP contribution in [0.5, 0.6) is 0 Å². The summed E-state index contributed by atoms with van der Waals surface area (Å²) < 4.78 is 28.3. The second-order valence-corrected chi connectivity index (χ2v) is 9.05. The van der Waals surface area contributed by atoms with E-state index in [1.54, 1.807) is 4.90 Å². The molecular weight excluding hydrogens is 350 g/mol. The molecule has 0 bridgehead atoms. The highest BCUT2D eigenvalue weighted by Gasteiger charge is 2.25. The number of piperidine rings is 1. The van der Waals surface area contributed by atoms with Crippen molar-refractivity contribution in [2.45, 2.75) is 64.8 Å². The zero-order chi connectivity index (χ0) is 19.6. The molecule has 1 aromatic carbocycles. The molecule has 0 aliphatic carbocycles. The summed E-state index contributed by atoms with van der Waals surface area (Å²) in [6.45, 7) is 10.9. The first kappa shape index (κ1) is 20.9. The number of benzene rings is 1. The van der Waals surface area contributed by atoms with E-state index in [2.05, 4.69) is 4.72 Å². The Morgan fingerprint density at radius 3 is 2.15 bits per heavy atom. The molecule has 1 heterocycles. The molecule has 1 aromatic rings. The van der Waals surface area contributed by atoms with Crippen LogP contribution in [0.4, 0.5) is 0 Å². The standard InChI is InChI=1S/C19H31N3O3S/c1-12-13(2)15(4)19(16(5)14(12)3)26(24,25)21-9-8-18(23)22-10-6-7-17(20)11-22/h17,21H,6-11,20H2,1-5H3. The van der Waals surface area contributed by atoms with Crippen molar-refractivity contribution in [3.8, 4) is 0 Å². The summed E-state index contributed by atoms with van der Waals surface area (Å²) in [5.41, 5.74) is 10.6. The maximum absolute atomic E-state index is 12.8. The van der Waals surface area contributed by atoms with Gasteiger partial charge in [0.15, 0.2) is 0 Å². The summed E-state index contributed by atoms with van der Waals surface area (Å²) in [4.78, 5) is 14.4. The average molecular weight is 382 g/mol. The van der Waals surface area contributed by atoms with Gasteiger partial charge in [0.2, 0.25) is 15.9 Å². The Bertz CT molecular complexity index is 774. The molecule has 1 atom stereocenters.